The van der Waals surface area contributed by atoms with Gasteiger partial charge in [-0.3, -0.25) is 23.8 Å². The molecule has 158 valence electrons. The third-order valence-corrected chi connectivity index (χ3v) is 5.60. The molecule has 0 atom stereocenters. The molecule has 0 bridgehead atoms. The van der Waals surface area contributed by atoms with Gasteiger partial charge in [-0.2, -0.15) is 5.10 Å². The molecule has 4 rings (SSSR count). The fourth-order valence-electron chi connectivity index (χ4n) is 3.13. The molecule has 3 aromatic heterocycles. The van der Waals surface area contributed by atoms with Crippen LogP contribution in [0.15, 0.2) is 57.7 Å². The molecule has 1 aromatic carbocycles. The minimum Gasteiger partial charge on any atom is -0.383 e. The third kappa shape index (κ3) is 3.90. The van der Waals surface area contributed by atoms with Crippen molar-refractivity contribution < 1.29 is 4.79 Å². The van der Waals surface area contributed by atoms with Gasteiger partial charge in [-0.1, -0.05) is 30.3 Å². The second-order valence-electron chi connectivity index (χ2n) is 6.87. The van der Waals surface area contributed by atoms with Crippen LogP contribution >= 0.6 is 11.3 Å². The SMILES string of the molecule is CN(C(=O)c1csc(-c2cnn(C)c2)n1)c1c(N)n(Cc2ccccc2)c(=O)[nH]c1=O. The standard InChI is InChI=1S/C20H19N7O3S/c1-25-10-13(8-22-25)18-23-14(11-31-18)19(29)26(2)15-16(21)27(20(30)24-17(15)28)9-12-6-4-3-5-7-12/h3-8,10-11H,9,21H2,1-2H3,(H,24,28,30). The van der Waals surface area contributed by atoms with Crippen molar-refractivity contribution >= 4 is 28.7 Å². The summed E-state index contributed by atoms with van der Waals surface area (Å²) in [4.78, 5) is 45.6. The average Bonchev–Trinajstić information content (AvgIpc) is 3.40. The second-order valence-corrected chi connectivity index (χ2v) is 7.73. The van der Waals surface area contributed by atoms with Crippen molar-refractivity contribution in [2.75, 3.05) is 17.7 Å². The van der Waals surface area contributed by atoms with Crippen LogP contribution in [0.2, 0.25) is 0 Å². The summed E-state index contributed by atoms with van der Waals surface area (Å²) in [5, 5.41) is 6.33. The molecule has 1 amide bonds. The number of nitrogens with two attached hydrogens (primary N) is 1. The van der Waals surface area contributed by atoms with E-state index in [0.29, 0.717) is 5.01 Å². The molecule has 3 heterocycles. The Bertz CT molecular complexity index is 1370. The van der Waals surface area contributed by atoms with E-state index < -0.39 is 17.2 Å². The first-order valence-electron chi connectivity index (χ1n) is 9.24. The number of nitrogen functional groups attached to an aromatic ring is 1. The van der Waals surface area contributed by atoms with Gasteiger partial charge in [0.1, 0.15) is 16.5 Å². The van der Waals surface area contributed by atoms with E-state index in [0.717, 1.165) is 16.0 Å². The molecule has 0 saturated heterocycles. The molecule has 3 N–H and O–H groups in total. The summed E-state index contributed by atoms with van der Waals surface area (Å²) in [5.41, 5.74) is 6.42. The van der Waals surface area contributed by atoms with Gasteiger partial charge in [0.15, 0.2) is 5.69 Å². The monoisotopic (exact) mass is 437 g/mol. The molecule has 10 nitrogen and oxygen atoms in total. The Labute approximate surface area is 180 Å². The van der Waals surface area contributed by atoms with E-state index in [4.69, 9.17) is 5.73 Å². The van der Waals surface area contributed by atoms with E-state index in [1.165, 1.54) is 23.0 Å². The first kappa shape index (κ1) is 20.3. The fraction of sp³-hybridized carbons (Fsp3) is 0.150. The van der Waals surface area contributed by atoms with Crippen molar-refractivity contribution in [2.24, 2.45) is 7.05 Å². The van der Waals surface area contributed by atoms with E-state index in [-0.39, 0.29) is 23.7 Å². The fourth-order valence-corrected chi connectivity index (χ4v) is 3.90. The summed E-state index contributed by atoms with van der Waals surface area (Å²) >= 11 is 1.29. The molecular weight excluding hydrogens is 418 g/mol. The van der Waals surface area contributed by atoms with Crippen LogP contribution in [-0.4, -0.2) is 37.3 Å². The molecule has 0 spiro atoms. The second kappa shape index (κ2) is 8.03. The highest BCUT2D eigenvalue weighted by molar-refractivity contribution is 7.13. The highest BCUT2D eigenvalue weighted by Gasteiger charge is 2.24. The number of hydrogen-bond acceptors (Lipinski definition) is 7. The molecule has 0 unspecified atom stereocenters. The number of aryl methyl sites for hydroxylation is 1. The molecule has 0 saturated carbocycles. The number of aromatic nitrogens is 5. The molecule has 0 radical (unpaired) electrons. The zero-order valence-corrected chi connectivity index (χ0v) is 17.6. The van der Waals surface area contributed by atoms with Crippen molar-refractivity contribution in [3.8, 4) is 10.6 Å². The predicted molar refractivity (Wildman–Crippen MR) is 118 cm³/mol. The van der Waals surface area contributed by atoms with Gasteiger partial charge in [-0.25, -0.2) is 9.78 Å². The van der Waals surface area contributed by atoms with Gasteiger partial charge >= 0.3 is 5.69 Å². The van der Waals surface area contributed by atoms with Crippen LogP contribution in [0.5, 0.6) is 0 Å². The number of anilines is 2. The van der Waals surface area contributed by atoms with Crippen molar-refractivity contribution in [1.29, 1.82) is 0 Å². The lowest BCUT2D eigenvalue weighted by atomic mass is 10.2. The minimum absolute atomic E-state index is 0.101. The van der Waals surface area contributed by atoms with E-state index in [1.54, 1.807) is 29.5 Å². The average molecular weight is 437 g/mol. The summed E-state index contributed by atoms with van der Waals surface area (Å²) in [6, 6.07) is 9.19. The van der Waals surface area contributed by atoms with Crippen molar-refractivity contribution in [3.63, 3.8) is 0 Å². The van der Waals surface area contributed by atoms with Crippen LogP contribution in [0, 0.1) is 0 Å². The maximum absolute atomic E-state index is 13.0. The number of nitrogens with one attached hydrogen (secondary N) is 1. The van der Waals surface area contributed by atoms with Gasteiger partial charge in [-0.15, -0.1) is 11.3 Å². The van der Waals surface area contributed by atoms with Crippen LogP contribution < -0.4 is 21.9 Å². The summed E-state index contributed by atoms with van der Waals surface area (Å²) in [6.45, 7) is 0.152. The Balaban J connectivity index is 1.68. The number of carbonyl (C=O) groups excluding carboxylic acids is 1. The predicted octanol–water partition coefficient (Wildman–Crippen LogP) is 1.30. The lowest BCUT2D eigenvalue weighted by Gasteiger charge is -2.19. The van der Waals surface area contributed by atoms with Crippen LogP contribution in [0.3, 0.4) is 0 Å². The quantitative estimate of drug-likeness (QED) is 0.484. The summed E-state index contributed by atoms with van der Waals surface area (Å²) in [6.07, 6.45) is 3.44. The molecular formula is C20H19N7O3S. The van der Waals surface area contributed by atoms with Crippen LogP contribution in [-0.2, 0) is 13.6 Å². The lowest BCUT2D eigenvalue weighted by Crippen LogP contribution is -2.39. The normalized spacial score (nSPS) is 10.9. The molecule has 31 heavy (non-hydrogen) atoms. The number of carbonyl (C=O) groups is 1. The molecule has 0 aliphatic heterocycles. The lowest BCUT2D eigenvalue weighted by molar-refractivity contribution is 0.0988. The summed E-state index contributed by atoms with van der Waals surface area (Å²) < 4.78 is 2.86. The Morgan fingerprint density at radius 1 is 1.26 bits per heavy atom. The number of benzene rings is 1. The highest BCUT2D eigenvalue weighted by atomic mass is 32.1. The molecule has 0 aliphatic rings. The number of amides is 1. The first-order valence-corrected chi connectivity index (χ1v) is 10.1. The van der Waals surface area contributed by atoms with E-state index in [1.807, 2.05) is 30.3 Å². The Hall–Kier alpha value is -3.99. The Morgan fingerprint density at radius 3 is 2.68 bits per heavy atom. The van der Waals surface area contributed by atoms with Gasteiger partial charge in [0.05, 0.1) is 12.7 Å². The number of H-pyrrole nitrogens is 1. The van der Waals surface area contributed by atoms with E-state index in [9.17, 15) is 14.4 Å². The number of aromatic amines is 1. The molecule has 0 fully saturated rings. The van der Waals surface area contributed by atoms with Gasteiger partial charge in [0, 0.05) is 31.2 Å². The van der Waals surface area contributed by atoms with Gasteiger partial charge < -0.3 is 10.6 Å². The molecule has 11 heteroatoms. The van der Waals surface area contributed by atoms with Crippen molar-refractivity contribution in [3.05, 3.63) is 80.2 Å². The highest BCUT2D eigenvalue weighted by Crippen LogP contribution is 2.25. The zero-order valence-electron chi connectivity index (χ0n) is 16.8. The number of nitrogens with zero attached hydrogens (tertiary/aromatic N) is 5. The molecule has 0 aliphatic carbocycles. The Morgan fingerprint density at radius 2 is 2.00 bits per heavy atom. The number of rotatable bonds is 5. The smallest absolute Gasteiger partial charge is 0.330 e. The van der Waals surface area contributed by atoms with Crippen LogP contribution in [0.4, 0.5) is 11.5 Å². The van der Waals surface area contributed by atoms with Gasteiger partial charge in [0.2, 0.25) is 0 Å². The maximum atomic E-state index is 13.0. The maximum Gasteiger partial charge on any atom is 0.330 e. The van der Waals surface area contributed by atoms with Crippen molar-refractivity contribution in [2.45, 2.75) is 6.54 Å². The zero-order chi connectivity index (χ0) is 22.1. The van der Waals surface area contributed by atoms with E-state index in [2.05, 4.69) is 15.1 Å². The first-order chi connectivity index (χ1) is 14.8. The van der Waals surface area contributed by atoms with Crippen LogP contribution in [0.1, 0.15) is 16.1 Å². The number of hydrogen-bond donors (Lipinski definition) is 2. The Kier molecular flexibility index (Phi) is 5.26. The van der Waals surface area contributed by atoms with Crippen LogP contribution in [0.25, 0.3) is 10.6 Å². The van der Waals surface area contributed by atoms with Gasteiger partial charge in [-0.05, 0) is 5.56 Å². The minimum atomic E-state index is -0.745. The summed E-state index contributed by atoms with van der Waals surface area (Å²) in [7, 11) is 3.21. The largest absolute Gasteiger partial charge is 0.383 e. The topological polar surface area (TPSA) is 132 Å². The number of thiazole rings is 1. The van der Waals surface area contributed by atoms with Crippen molar-refractivity contribution in [1.82, 2.24) is 24.3 Å². The summed E-state index contributed by atoms with van der Waals surface area (Å²) in [5.74, 6) is -0.621. The van der Waals surface area contributed by atoms with E-state index >= 15 is 0 Å². The molecule has 4 aromatic rings. The van der Waals surface area contributed by atoms with Gasteiger partial charge in [0.25, 0.3) is 11.5 Å². The third-order valence-electron chi connectivity index (χ3n) is 4.71.